The molecule has 0 saturated heterocycles. The molecule has 2 aromatic rings. The fourth-order valence-electron chi connectivity index (χ4n) is 1.86. The van der Waals surface area contributed by atoms with Crippen LogP contribution in [-0.2, 0) is 17.8 Å². The summed E-state index contributed by atoms with van der Waals surface area (Å²) in [6.07, 6.45) is 0.0486. The average molecular weight is 335 g/mol. The maximum atomic E-state index is 10.6. The lowest BCUT2D eigenvalue weighted by Crippen LogP contribution is -2.01. The highest BCUT2D eigenvalue weighted by molar-refractivity contribution is 9.10. The topological polar surface area (TPSA) is 46.5 Å². The molecule has 0 spiro atoms. The highest BCUT2D eigenvalue weighted by Gasteiger charge is 2.03. The molecule has 2 aromatic carbocycles. The van der Waals surface area contributed by atoms with Gasteiger partial charge >= 0.3 is 5.97 Å². The zero-order valence-corrected chi connectivity index (χ0v) is 12.7. The van der Waals surface area contributed by atoms with Crippen LogP contribution in [-0.4, -0.2) is 11.1 Å². The van der Waals surface area contributed by atoms with Crippen molar-refractivity contribution < 1.29 is 14.6 Å². The Bertz CT molecular complexity index is 606. The third-order valence-electron chi connectivity index (χ3n) is 2.91. The van der Waals surface area contributed by atoms with Gasteiger partial charge in [-0.3, -0.25) is 4.79 Å². The first-order chi connectivity index (χ1) is 9.54. The zero-order chi connectivity index (χ0) is 14.5. The summed E-state index contributed by atoms with van der Waals surface area (Å²) in [6, 6.07) is 13.3. The molecule has 0 heterocycles. The second kappa shape index (κ2) is 6.57. The number of aryl methyl sites for hydroxylation is 1. The summed E-state index contributed by atoms with van der Waals surface area (Å²) in [5, 5.41) is 8.71. The number of ether oxygens (including phenoxy) is 1. The van der Waals surface area contributed by atoms with Gasteiger partial charge in [-0.2, -0.15) is 0 Å². The van der Waals surface area contributed by atoms with E-state index in [2.05, 4.69) is 15.9 Å². The molecule has 0 amide bonds. The van der Waals surface area contributed by atoms with Gasteiger partial charge in [0.25, 0.3) is 0 Å². The van der Waals surface area contributed by atoms with E-state index in [9.17, 15) is 4.79 Å². The van der Waals surface area contributed by atoms with Crippen LogP contribution in [0.3, 0.4) is 0 Å². The lowest BCUT2D eigenvalue weighted by molar-refractivity contribution is -0.136. The monoisotopic (exact) mass is 334 g/mol. The van der Waals surface area contributed by atoms with Crippen molar-refractivity contribution in [2.24, 2.45) is 0 Å². The quantitative estimate of drug-likeness (QED) is 0.900. The highest BCUT2D eigenvalue weighted by Crippen LogP contribution is 2.23. The van der Waals surface area contributed by atoms with Crippen molar-refractivity contribution in [3.63, 3.8) is 0 Å². The van der Waals surface area contributed by atoms with Gasteiger partial charge < -0.3 is 9.84 Å². The van der Waals surface area contributed by atoms with Gasteiger partial charge in [-0.1, -0.05) is 40.2 Å². The van der Waals surface area contributed by atoms with Crippen LogP contribution < -0.4 is 4.74 Å². The molecule has 2 rings (SSSR count). The summed E-state index contributed by atoms with van der Waals surface area (Å²) in [7, 11) is 0. The molecule has 0 aromatic heterocycles. The number of carbonyl (C=O) groups is 1. The molecule has 0 aliphatic carbocycles. The van der Waals surface area contributed by atoms with Crippen LogP contribution in [0.2, 0.25) is 0 Å². The Morgan fingerprint density at radius 3 is 2.40 bits per heavy atom. The number of carboxylic acids is 1. The molecular weight excluding hydrogens is 320 g/mol. The van der Waals surface area contributed by atoms with Crippen molar-refractivity contribution in [2.75, 3.05) is 0 Å². The molecule has 4 heteroatoms. The minimum Gasteiger partial charge on any atom is -0.489 e. The number of rotatable bonds is 5. The number of halogens is 1. The van der Waals surface area contributed by atoms with Gasteiger partial charge in [0, 0.05) is 4.47 Å². The second-order valence-electron chi connectivity index (χ2n) is 4.59. The summed E-state index contributed by atoms with van der Waals surface area (Å²) >= 11 is 3.42. The molecule has 0 aliphatic rings. The highest BCUT2D eigenvalue weighted by atomic mass is 79.9. The third kappa shape index (κ3) is 4.10. The molecule has 0 radical (unpaired) electrons. The van der Waals surface area contributed by atoms with Crippen LogP contribution in [0.4, 0.5) is 0 Å². The third-order valence-corrected chi connectivity index (χ3v) is 3.40. The molecule has 1 N–H and O–H groups in total. The van der Waals surface area contributed by atoms with E-state index in [1.54, 1.807) is 0 Å². The Labute approximate surface area is 126 Å². The Morgan fingerprint density at radius 1 is 1.15 bits per heavy atom. The van der Waals surface area contributed by atoms with Crippen LogP contribution in [0.1, 0.15) is 16.7 Å². The Hall–Kier alpha value is -1.81. The molecule has 20 heavy (non-hydrogen) atoms. The molecule has 0 unspecified atom stereocenters. The number of hydrogen-bond donors (Lipinski definition) is 1. The second-order valence-corrected chi connectivity index (χ2v) is 5.50. The van der Waals surface area contributed by atoms with E-state index in [1.165, 1.54) is 0 Å². The zero-order valence-electron chi connectivity index (χ0n) is 11.1. The van der Waals surface area contributed by atoms with Crippen LogP contribution >= 0.6 is 15.9 Å². The maximum Gasteiger partial charge on any atom is 0.307 e. The average Bonchev–Trinajstić information content (AvgIpc) is 2.39. The SMILES string of the molecule is Cc1cc(Br)ccc1OCc1ccc(CC(=O)O)cc1. The van der Waals surface area contributed by atoms with Crippen LogP contribution in [0.15, 0.2) is 46.9 Å². The number of benzene rings is 2. The molecule has 0 saturated carbocycles. The van der Waals surface area contributed by atoms with Gasteiger partial charge in [-0.25, -0.2) is 0 Å². The van der Waals surface area contributed by atoms with E-state index in [0.717, 1.165) is 26.9 Å². The fraction of sp³-hybridized carbons (Fsp3) is 0.188. The summed E-state index contributed by atoms with van der Waals surface area (Å²) in [5.74, 6) is 0.0299. The van der Waals surface area contributed by atoms with Crippen molar-refractivity contribution in [3.8, 4) is 5.75 Å². The van der Waals surface area contributed by atoms with Gasteiger partial charge in [0.1, 0.15) is 12.4 Å². The van der Waals surface area contributed by atoms with E-state index < -0.39 is 5.97 Å². The predicted octanol–water partition coefficient (Wildman–Crippen LogP) is 3.96. The summed E-state index contributed by atoms with van der Waals surface area (Å²) in [5.41, 5.74) is 2.88. The first-order valence-corrected chi connectivity index (χ1v) is 7.02. The predicted molar refractivity (Wildman–Crippen MR) is 81.0 cm³/mol. The minimum absolute atomic E-state index is 0.0486. The minimum atomic E-state index is -0.820. The van der Waals surface area contributed by atoms with Crippen LogP contribution in [0.5, 0.6) is 5.75 Å². The van der Waals surface area contributed by atoms with Crippen molar-refractivity contribution in [3.05, 3.63) is 63.6 Å². The molecule has 0 atom stereocenters. The Kier molecular flexibility index (Phi) is 4.79. The number of hydrogen-bond acceptors (Lipinski definition) is 2. The first-order valence-electron chi connectivity index (χ1n) is 6.23. The van der Waals surface area contributed by atoms with Gasteiger partial charge in [0.15, 0.2) is 0 Å². The summed E-state index contributed by atoms with van der Waals surface area (Å²) in [6.45, 7) is 2.46. The largest absolute Gasteiger partial charge is 0.489 e. The van der Waals surface area contributed by atoms with Gasteiger partial charge in [-0.05, 0) is 41.8 Å². The first kappa shape index (κ1) is 14.6. The molecule has 0 aliphatic heterocycles. The van der Waals surface area contributed by atoms with Crippen LogP contribution in [0.25, 0.3) is 0 Å². The molecule has 0 fully saturated rings. The normalized spacial score (nSPS) is 10.3. The van der Waals surface area contributed by atoms with E-state index in [1.807, 2.05) is 49.4 Å². The van der Waals surface area contributed by atoms with Crippen molar-refractivity contribution in [2.45, 2.75) is 20.0 Å². The number of carboxylic acid groups (broad SMARTS) is 1. The van der Waals surface area contributed by atoms with Crippen LogP contribution in [0, 0.1) is 6.92 Å². The van der Waals surface area contributed by atoms with Gasteiger partial charge in [0.05, 0.1) is 6.42 Å². The number of aliphatic carboxylic acids is 1. The lowest BCUT2D eigenvalue weighted by Gasteiger charge is -2.09. The van der Waals surface area contributed by atoms with Crippen molar-refractivity contribution >= 4 is 21.9 Å². The Morgan fingerprint density at radius 2 is 1.80 bits per heavy atom. The molecule has 3 nitrogen and oxygen atoms in total. The van der Waals surface area contributed by atoms with Gasteiger partial charge in [0.2, 0.25) is 0 Å². The van der Waals surface area contributed by atoms with Crippen molar-refractivity contribution in [1.82, 2.24) is 0 Å². The standard InChI is InChI=1S/C16H15BrO3/c1-11-8-14(17)6-7-15(11)20-10-13-4-2-12(3-5-13)9-16(18)19/h2-8H,9-10H2,1H3,(H,18,19). The lowest BCUT2D eigenvalue weighted by atomic mass is 10.1. The Balaban J connectivity index is 1.98. The van der Waals surface area contributed by atoms with E-state index in [0.29, 0.717) is 6.61 Å². The fourth-order valence-corrected chi connectivity index (χ4v) is 2.34. The smallest absolute Gasteiger partial charge is 0.307 e. The van der Waals surface area contributed by atoms with Crippen molar-refractivity contribution in [1.29, 1.82) is 0 Å². The maximum absolute atomic E-state index is 10.6. The van der Waals surface area contributed by atoms with E-state index in [-0.39, 0.29) is 6.42 Å². The summed E-state index contributed by atoms with van der Waals surface area (Å²) < 4.78 is 6.79. The molecule has 0 bridgehead atoms. The van der Waals surface area contributed by atoms with E-state index >= 15 is 0 Å². The summed E-state index contributed by atoms with van der Waals surface area (Å²) in [4.78, 5) is 10.6. The molecular formula is C16H15BrO3. The van der Waals surface area contributed by atoms with E-state index in [4.69, 9.17) is 9.84 Å². The van der Waals surface area contributed by atoms with Gasteiger partial charge in [-0.15, -0.1) is 0 Å². The molecule has 104 valence electrons.